The van der Waals surface area contributed by atoms with Gasteiger partial charge in [0, 0.05) is 24.0 Å². The van der Waals surface area contributed by atoms with Gasteiger partial charge in [-0.05, 0) is 26.7 Å². The fourth-order valence-corrected chi connectivity index (χ4v) is 3.77. The summed E-state index contributed by atoms with van der Waals surface area (Å²) in [5, 5.41) is 3.70. The summed E-state index contributed by atoms with van der Waals surface area (Å²) in [5.41, 5.74) is 0.195. The van der Waals surface area contributed by atoms with Crippen LogP contribution in [0.1, 0.15) is 51.3 Å². The molecule has 106 valence electrons. The third-order valence-corrected chi connectivity index (χ3v) is 4.77. The molecular weight excluding hydrogens is 240 g/mol. The summed E-state index contributed by atoms with van der Waals surface area (Å²) < 4.78 is 11.5. The van der Waals surface area contributed by atoms with E-state index >= 15 is 0 Å². The molecule has 0 spiro atoms. The topological polar surface area (TPSA) is 47.3 Å². The molecule has 0 aromatic carbocycles. The number of rotatable bonds is 3. The van der Waals surface area contributed by atoms with Gasteiger partial charge in [0.25, 0.3) is 0 Å². The predicted molar refractivity (Wildman–Crippen MR) is 72.8 cm³/mol. The number of hydrogen-bond donors (Lipinski definition) is 1. The molecule has 2 heterocycles. The molecule has 0 amide bonds. The van der Waals surface area contributed by atoms with Crippen molar-refractivity contribution in [2.24, 2.45) is 11.3 Å². The second-order valence-corrected chi connectivity index (χ2v) is 6.59. The summed E-state index contributed by atoms with van der Waals surface area (Å²) >= 11 is 0. The van der Waals surface area contributed by atoms with E-state index in [1.165, 1.54) is 12.8 Å². The van der Waals surface area contributed by atoms with Crippen LogP contribution in [0.3, 0.4) is 0 Å². The molecule has 1 saturated heterocycles. The molecule has 4 nitrogen and oxygen atoms in total. The fraction of sp³-hybridized carbons (Fsp3) is 0.800. The summed E-state index contributed by atoms with van der Waals surface area (Å²) in [6, 6.07) is 0.640. The Morgan fingerprint density at radius 3 is 2.95 bits per heavy atom. The van der Waals surface area contributed by atoms with Gasteiger partial charge in [0.05, 0.1) is 18.3 Å². The first-order valence-electron chi connectivity index (χ1n) is 7.30. The Bertz CT molecular complexity index is 455. The van der Waals surface area contributed by atoms with Crippen molar-refractivity contribution in [2.75, 3.05) is 6.61 Å². The summed E-state index contributed by atoms with van der Waals surface area (Å²) in [5.74, 6) is 2.30. The minimum absolute atomic E-state index is 0.154. The predicted octanol–water partition coefficient (Wildman–Crippen LogP) is 2.84. The molecule has 4 heteroatoms. The number of hydrogen-bond acceptors (Lipinski definition) is 4. The smallest absolute Gasteiger partial charge is 0.211 e. The van der Waals surface area contributed by atoms with Crippen LogP contribution < -0.4 is 5.32 Å². The van der Waals surface area contributed by atoms with Crippen LogP contribution in [0.2, 0.25) is 0 Å². The highest BCUT2D eigenvalue weighted by Gasteiger charge is 2.58. The summed E-state index contributed by atoms with van der Waals surface area (Å²) in [6.45, 7) is 9.57. The van der Waals surface area contributed by atoms with Gasteiger partial charge in [-0.1, -0.05) is 13.8 Å². The Balaban J connectivity index is 1.69. The molecule has 1 aromatic rings. The van der Waals surface area contributed by atoms with Crippen molar-refractivity contribution < 1.29 is 9.15 Å². The Labute approximate surface area is 114 Å². The largest absolute Gasteiger partial charge is 0.444 e. The SMILES string of the molecule is Cc1cnc(C(C)NC2C3CCCOC3C2(C)C)o1. The van der Waals surface area contributed by atoms with E-state index in [0.717, 1.165) is 18.3 Å². The molecule has 0 bridgehead atoms. The first-order valence-corrected chi connectivity index (χ1v) is 7.30. The summed E-state index contributed by atoms with van der Waals surface area (Å²) in [7, 11) is 0. The third-order valence-electron chi connectivity index (χ3n) is 4.77. The zero-order valence-corrected chi connectivity index (χ0v) is 12.3. The maximum Gasteiger partial charge on any atom is 0.211 e. The van der Waals surface area contributed by atoms with Crippen LogP contribution in [0.5, 0.6) is 0 Å². The monoisotopic (exact) mass is 264 g/mol. The lowest BCUT2D eigenvalue weighted by atomic mass is 9.55. The molecule has 1 aliphatic heterocycles. The lowest BCUT2D eigenvalue weighted by molar-refractivity contribution is -0.194. The molecule has 4 unspecified atom stereocenters. The van der Waals surface area contributed by atoms with E-state index in [1.54, 1.807) is 6.20 Å². The lowest BCUT2D eigenvalue weighted by Gasteiger charge is -2.60. The standard InChI is InChI=1S/C15H24N2O2/c1-9-8-16-14(19-9)10(2)17-12-11-6-5-7-18-13(11)15(12,3)4/h8,10-13,17H,5-7H2,1-4H3. The molecule has 1 aromatic heterocycles. The lowest BCUT2D eigenvalue weighted by Crippen LogP contribution is -2.69. The van der Waals surface area contributed by atoms with Crippen LogP contribution in [-0.4, -0.2) is 23.7 Å². The molecular formula is C15H24N2O2. The van der Waals surface area contributed by atoms with Crippen LogP contribution in [0, 0.1) is 18.3 Å². The van der Waals surface area contributed by atoms with Crippen molar-refractivity contribution in [2.45, 2.75) is 58.7 Å². The van der Waals surface area contributed by atoms with E-state index in [2.05, 4.69) is 31.1 Å². The molecule has 19 heavy (non-hydrogen) atoms. The molecule has 4 atom stereocenters. The van der Waals surface area contributed by atoms with Crippen LogP contribution in [-0.2, 0) is 4.74 Å². The first kappa shape index (κ1) is 13.1. The number of aryl methyl sites for hydroxylation is 1. The third kappa shape index (κ3) is 2.11. The molecule has 2 aliphatic rings. The van der Waals surface area contributed by atoms with Crippen LogP contribution in [0.4, 0.5) is 0 Å². The van der Waals surface area contributed by atoms with E-state index in [0.29, 0.717) is 18.1 Å². The molecule has 3 rings (SSSR count). The number of ether oxygens (including phenoxy) is 1. The van der Waals surface area contributed by atoms with Gasteiger partial charge in [0.1, 0.15) is 5.76 Å². The average molecular weight is 264 g/mol. The second-order valence-electron chi connectivity index (χ2n) is 6.59. The fourth-order valence-electron chi connectivity index (χ4n) is 3.77. The summed E-state index contributed by atoms with van der Waals surface area (Å²) in [6.07, 6.45) is 4.65. The number of nitrogens with one attached hydrogen (secondary N) is 1. The molecule has 0 radical (unpaired) electrons. The van der Waals surface area contributed by atoms with Crippen molar-refractivity contribution in [3.63, 3.8) is 0 Å². The van der Waals surface area contributed by atoms with Gasteiger partial charge in [-0.3, -0.25) is 0 Å². The molecule has 1 aliphatic carbocycles. The van der Waals surface area contributed by atoms with Crippen LogP contribution >= 0.6 is 0 Å². The van der Waals surface area contributed by atoms with Crippen molar-refractivity contribution in [3.05, 3.63) is 17.8 Å². The highest BCUT2D eigenvalue weighted by Crippen LogP contribution is 2.51. The first-order chi connectivity index (χ1) is 9.00. The Morgan fingerprint density at radius 2 is 2.26 bits per heavy atom. The maximum atomic E-state index is 5.93. The maximum absolute atomic E-state index is 5.93. The van der Waals surface area contributed by atoms with Gasteiger partial charge in [-0.25, -0.2) is 4.98 Å². The van der Waals surface area contributed by atoms with E-state index in [4.69, 9.17) is 9.15 Å². The van der Waals surface area contributed by atoms with Crippen molar-refractivity contribution in [1.29, 1.82) is 0 Å². The number of aromatic nitrogens is 1. The van der Waals surface area contributed by atoms with Crippen molar-refractivity contribution in [1.82, 2.24) is 10.3 Å². The zero-order valence-electron chi connectivity index (χ0n) is 12.3. The zero-order chi connectivity index (χ0) is 13.6. The van der Waals surface area contributed by atoms with Crippen LogP contribution in [0.25, 0.3) is 0 Å². The Hall–Kier alpha value is -0.870. The molecule has 1 N–H and O–H groups in total. The van der Waals surface area contributed by atoms with E-state index < -0.39 is 0 Å². The quantitative estimate of drug-likeness (QED) is 0.912. The molecule has 2 fully saturated rings. The highest BCUT2D eigenvalue weighted by molar-refractivity contribution is 5.11. The van der Waals surface area contributed by atoms with Gasteiger partial charge in [0.15, 0.2) is 0 Å². The number of oxazole rings is 1. The molecule has 1 saturated carbocycles. The second kappa shape index (κ2) is 4.60. The average Bonchev–Trinajstić information content (AvgIpc) is 2.82. The van der Waals surface area contributed by atoms with Crippen molar-refractivity contribution in [3.8, 4) is 0 Å². The van der Waals surface area contributed by atoms with Crippen LogP contribution in [0.15, 0.2) is 10.6 Å². The van der Waals surface area contributed by atoms with Gasteiger partial charge in [-0.2, -0.15) is 0 Å². The number of fused-ring (bicyclic) bond motifs is 1. The van der Waals surface area contributed by atoms with Gasteiger partial charge in [0.2, 0.25) is 5.89 Å². The van der Waals surface area contributed by atoms with E-state index in [9.17, 15) is 0 Å². The highest BCUT2D eigenvalue weighted by atomic mass is 16.5. The summed E-state index contributed by atoms with van der Waals surface area (Å²) in [4.78, 5) is 4.32. The minimum Gasteiger partial charge on any atom is -0.444 e. The Morgan fingerprint density at radius 1 is 1.47 bits per heavy atom. The van der Waals surface area contributed by atoms with E-state index in [-0.39, 0.29) is 11.5 Å². The van der Waals surface area contributed by atoms with E-state index in [1.807, 2.05) is 6.92 Å². The minimum atomic E-state index is 0.154. The van der Waals surface area contributed by atoms with Gasteiger partial charge < -0.3 is 14.5 Å². The number of nitrogens with zero attached hydrogens (tertiary/aromatic N) is 1. The van der Waals surface area contributed by atoms with Gasteiger partial charge >= 0.3 is 0 Å². The van der Waals surface area contributed by atoms with Gasteiger partial charge in [-0.15, -0.1) is 0 Å². The van der Waals surface area contributed by atoms with Crippen molar-refractivity contribution >= 4 is 0 Å². The Kier molecular flexibility index (Phi) is 3.18. The normalized spacial score (nSPS) is 34.4.